The summed E-state index contributed by atoms with van der Waals surface area (Å²) in [6.07, 6.45) is 3.52. The number of hydrogen-bond donors (Lipinski definition) is 2. The van der Waals surface area contributed by atoms with Crippen molar-refractivity contribution in [2.75, 3.05) is 31.4 Å². The first-order chi connectivity index (χ1) is 14.6. The average molecular weight is 400 g/mol. The maximum atomic E-state index is 13.6. The van der Waals surface area contributed by atoms with Crippen molar-refractivity contribution in [3.05, 3.63) is 84.2 Å². The second kappa shape index (κ2) is 8.29. The van der Waals surface area contributed by atoms with E-state index in [0.717, 1.165) is 33.7 Å². The van der Waals surface area contributed by atoms with Crippen LogP contribution >= 0.6 is 0 Å². The summed E-state index contributed by atoms with van der Waals surface area (Å²) in [5, 5.41) is 4.28. The van der Waals surface area contributed by atoms with Gasteiger partial charge in [0.15, 0.2) is 5.78 Å². The highest BCUT2D eigenvalue weighted by Crippen LogP contribution is 2.29. The number of aromatic nitrogens is 2. The standard InChI is InChI=1S/C24H24N4O2/c1-28(2)22-12-11-16(14-26-22)23(27-17-7-6-8-18(13-17)30-3)24(29)20-15-25-21-10-5-4-9-19(20)21/h4-15,23,25,27H,1-3H3. The monoisotopic (exact) mass is 400 g/mol. The first-order valence-electron chi connectivity index (χ1n) is 9.71. The summed E-state index contributed by atoms with van der Waals surface area (Å²) in [5.41, 5.74) is 3.16. The number of nitrogens with one attached hydrogen (secondary N) is 2. The Balaban J connectivity index is 1.75. The predicted octanol–water partition coefficient (Wildman–Crippen LogP) is 4.67. The fraction of sp³-hybridized carbons (Fsp3) is 0.167. The number of nitrogens with zero attached hydrogens (tertiary/aromatic N) is 2. The fourth-order valence-electron chi connectivity index (χ4n) is 3.44. The van der Waals surface area contributed by atoms with Crippen molar-refractivity contribution in [1.82, 2.24) is 9.97 Å². The van der Waals surface area contributed by atoms with Gasteiger partial charge in [-0.05, 0) is 24.3 Å². The minimum absolute atomic E-state index is 0.0327. The normalized spacial score (nSPS) is 11.8. The van der Waals surface area contributed by atoms with E-state index in [1.807, 2.05) is 79.7 Å². The number of anilines is 2. The molecule has 4 aromatic rings. The topological polar surface area (TPSA) is 70.2 Å². The van der Waals surface area contributed by atoms with Gasteiger partial charge in [0.2, 0.25) is 0 Å². The molecule has 0 aliphatic rings. The number of ketones is 1. The Labute approximate surface area is 175 Å². The molecule has 0 saturated carbocycles. The lowest BCUT2D eigenvalue weighted by Crippen LogP contribution is -2.22. The molecule has 6 heteroatoms. The minimum Gasteiger partial charge on any atom is -0.497 e. The van der Waals surface area contributed by atoms with Gasteiger partial charge in [-0.1, -0.05) is 30.3 Å². The molecule has 0 bridgehead atoms. The molecule has 0 amide bonds. The average Bonchev–Trinajstić information content (AvgIpc) is 3.21. The molecule has 0 aliphatic carbocycles. The number of methoxy groups -OCH3 is 1. The quantitative estimate of drug-likeness (QED) is 0.441. The Bertz CT molecular complexity index is 1170. The van der Waals surface area contributed by atoms with Crippen molar-refractivity contribution in [2.45, 2.75) is 6.04 Å². The zero-order valence-corrected chi connectivity index (χ0v) is 17.2. The highest BCUT2D eigenvalue weighted by atomic mass is 16.5. The fourth-order valence-corrected chi connectivity index (χ4v) is 3.44. The Hall–Kier alpha value is -3.80. The van der Waals surface area contributed by atoms with Crippen molar-refractivity contribution < 1.29 is 9.53 Å². The minimum atomic E-state index is -0.597. The third-order valence-corrected chi connectivity index (χ3v) is 5.06. The van der Waals surface area contributed by atoms with Crippen molar-refractivity contribution >= 4 is 28.2 Å². The molecule has 1 atom stereocenters. The molecule has 0 saturated heterocycles. The number of H-pyrrole nitrogens is 1. The van der Waals surface area contributed by atoms with Crippen LogP contribution in [0.2, 0.25) is 0 Å². The Morgan fingerprint density at radius 1 is 1.10 bits per heavy atom. The third-order valence-electron chi connectivity index (χ3n) is 5.06. The van der Waals surface area contributed by atoms with Gasteiger partial charge in [-0.25, -0.2) is 4.98 Å². The van der Waals surface area contributed by atoms with Crippen LogP contribution in [-0.2, 0) is 0 Å². The van der Waals surface area contributed by atoms with Crippen LogP contribution in [0.15, 0.2) is 73.1 Å². The molecule has 152 valence electrons. The molecule has 0 fully saturated rings. The highest BCUT2D eigenvalue weighted by molar-refractivity contribution is 6.11. The number of aromatic amines is 1. The van der Waals surface area contributed by atoms with Crippen LogP contribution in [-0.4, -0.2) is 37.0 Å². The molecule has 30 heavy (non-hydrogen) atoms. The van der Waals surface area contributed by atoms with E-state index in [-0.39, 0.29) is 5.78 Å². The summed E-state index contributed by atoms with van der Waals surface area (Å²) in [6.45, 7) is 0. The van der Waals surface area contributed by atoms with Crippen LogP contribution in [0.5, 0.6) is 5.75 Å². The highest BCUT2D eigenvalue weighted by Gasteiger charge is 2.25. The van der Waals surface area contributed by atoms with Crippen LogP contribution in [0.25, 0.3) is 10.9 Å². The van der Waals surface area contributed by atoms with E-state index in [0.29, 0.717) is 5.56 Å². The number of carbonyl (C=O) groups excluding carboxylic acids is 1. The van der Waals surface area contributed by atoms with Gasteiger partial charge in [0.1, 0.15) is 17.6 Å². The van der Waals surface area contributed by atoms with Crippen molar-refractivity contribution in [3.8, 4) is 5.75 Å². The lowest BCUT2D eigenvalue weighted by molar-refractivity contribution is 0.0971. The summed E-state index contributed by atoms with van der Waals surface area (Å²) in [7, 11) is 5.49. The summed E-state index contributed by atoms with van der Waals surface area (Å²) in [6, 6.07) is 18.6. The maximum absolute atomic E-state index is 13.6. The lowest BCUT2D eigenvalue weighted by Gasteiger charge is -2.20. The molecule has 0 aliphatic heterocycles. The molecule has 2 heterocycles. The molecule has 6 nitrogen and oxygen atoms in total. The number of rotatable bonds is 7. The van der Waals surface area contributed by atoms with E-state index in [4.69, 9.17) is 4.74 Å². The second-order valence-corrected chi connectivity index (χ2v) is 7.27. The molecule has 4 rings (SSSR count). The van der Waals surface area contributed by atoms with Crippen molar-refractivity contribution in [2.24, 2.45) is 0 Å². The van der Waals surface area contributed by atoms with Crippen LogP contribution in [0.1, 0.15) is 22.0 Å². The van der Waals surface area contributed by atoms with Gasteiger partial charge in [0.05, 0.1) is 7.11 Å². The zero-order chi connectivity index (χ0) is 21.1. The van der Waals surface area contributed by atoms with Gasteiger partial charge < -0.3 is 19.9 Å². The van der Waals surface area contributed by atoms with Gasteiger partial charge >= 0.3 is 0 Å². The largest absolute Gasteiger partial charge is 0.497 e. The van der Waals surface area contributed by atoms with Crippen LogP contribution < -0.4 is 15.0 Å². The van der Waals surface area contributed by atoms with Gasteiger partial charge in [-0.2, -0.15) is 0 Å². The first-order valence-corrected chi connectivity index (χ1v) is 9.71. The molecular weight excluding hydrogens is 376 g/mol. The molecule has 1 unspecified atom stereocenters. The zero-order valence-electron chi connectivity index (χ0n) is 17.2. The molecule has 0 radical (unpaired) electrons. The number of benzene rings is 2. The summed E-state index contributed by atoms with van der Waals surface area (Å²) in [5.74, 6) is 1.52. The van der Waals surface area contributed by atoms with Gasteiger partial charge in [-0.3, -0.25) is 4.79 Å². The number of para-hydroxylation sites is 1. The molecule has 2 aromatic carbocycles. The third kappa shape index (κ3) is 3.85. The molecular formula is C24H24N4O2. The number of carbonyl (C=O) groups is 1. The number of fused-ring (bicyclic) bond motifs is 1. The molecule has 2 aromatic heterocycles. The van der Waals surface area contributed by atoms with E-state index in [1.165, 1.54) is 0 Å². The van der Waals surface area contributed by atoms with Gasteiger partial charge in [-0.15, -0.1) is 0 Å². The van der Waals surface area contributed by atoms with Crippen molar-refractivity contribution in [3.63, 3.8) is 0 Å². The number of Topliss-reactive ketones (excluding diaryl/α,β-unsaturated/α-hetero) is 1. The first kappa shape index (κ1) is 19.5. The van der Waals surface area contributed by atoms with Crippen LogP contribution in [0, 0.1) is 0 Å². The van der Waals surface area contributed by atoms with Gasteiger partial charge in [0.25, 0.3) is 0 Å². The molecule has 0 spiro atoms. The lowest BCUT2D eigenvalue weighted by atomic mass is 9.97. The smallest absolute Gasteiger partial charge is 0.191 e. The number of hydrogen-bond acceptors (Lipinski definition) is 5. The maximum Gasteiger partial charge on any atom is 0.191 e. The van der Waals surface area contributed by atoms with Crippen molar-refractivity contribution in [1.29, 1.82) is 0 Å². The van der Waals surface area contributed by atoms with Crippen LogP contribution in [0.3, 0.4) is 0 Å². The predicted molar refractivity (Wildman–Crippen MR) is 121 cm³/mol. The van der Waals surface area contributed by atoms with E-state index in [9.17, 15) is 4.79 Å². The summed E-state index contributed by atoms with van der Waals surface area (Å²) < 4.78 is 5.33. The van der Waals surface area contributed by atoms with E-state index in [1.54, 1.807) is 19.5 Å². The number of ether oxygens (including phenoxy) is 1. The SMILES string of the molecule is COc1cccc(NC(C(=O)c2c[nH]c3ccccc23)c2ccc(N(C)C)nc2)c1. The van der Waals surface area contributed by atoms with Gasteiger partial charge in [0, 0.05) is 60.3 Å². The van der Waals surface area contributed by atoms with E-state index >= 15 is 0 Å². The Morgan fingerprint density at radius 3 is 2.67 bits per heavy atom. The van der Waals surface area contributed by atoms with E-state index in [2.05, 4.69) is 15.3 Å². The molecule has 2 N–H and O–H groups in total. The second-order valence-electron chi connectivity index (χ2n) is 7.27. The summed E-state index contributed by atoms with van der Waals surface area (Å²) >= 11 is 0. The summed E-state index contributed by atoms with van der Waals surface area (Å²) in [4.78, 5) is 23.3. The Morgan fingerprint density at radius 2 is 1.93 bits per heavy atom. The number of pyridine rings is 1. The van der Waals surface area contributed by atoms with Crippen LogP contribution in [0.4, 0.5) is 11.5 Å². The van der Waals surface area contributed by atoms with E-state index < -0.39 is 6.04 Å². The Kier molecular flexibility index (Phi) is 5.39.